The van der Waals surface area contributed by atoms with Gasteiger partial charge >= 0.3 is 0 Å². The average Bonchev–Trinajstić information content (AvgIpc) is 2.39. The minimum Gasteiger partial charge on any atom is -0.484 e. The van der Waals surface area contributed by atoms with Crippen molar-refractivity contribution in [3.63, 3.8) is 0 Å². The van der Waals surface area contributed by atoms with Crippen LogP contribution in [0, 0.1) is 12.7 Å². The van der Waals surface area contributed by atoms with E-state index in [1.54, 1.807) is 19.1 Å². The lowest BCUT2D eigenvalue weighted by Crippen LogP contribution is -2.20. The van der Waals surface area contributed by atoms with E-state index in [4.69, 9.17) is 27.9 Å². The van der Waals surface area contributed by atoms with Crippen LogP contribution in [0.15, 0.2) is 36.4 Å². The fourth-order valence-electron chi connectivity index (χ4n) is 1.67. The van der Waals surface area contributed by atoms with Crippen LogP contribution in [0.2, 0.25) is 10.0 Å². The highest BCUT2D eigenvalue weighted by Gasteiger charge is 2.08. The van der Waals surface area contributed by atoms with Crippen LogP contribution in [0.3, 0.4) is 0 Å². The lowest BCUT2D eigenvalue weighted by molar-refractivity contribution is -0.118. The molecule has 0 saturated heterocycles. The number of aryl methyl sites for hydroxylation is 1. The second-order valence-corrected chi connectivity index (χ2v) is 5.30. The van der Waals surface area contributed by atoms with Gasteiger partial charge in [-0.3, -0.25) is 4.79 Å². The predicted octanol–water partition coefficient (Wildman–Crippen LogP) is 4.46. The molecule has 1 amide bonds. The number of anilines is 1. The van der Waals surface area contributed by atoms with Crippen molar-refractivity contribution in [2.24, 2.45) is 0 Å². The van der Waals surface area contributed by atoms with Gasteiger partial charge in [0, 0.05) is 10.0 Å². The summed E-state index contributed by atoms with van der Waals surface area (Å²) in [5.41, 5.74) is 0.883. The van der Waals surface area contributed by atoms with E-state index in [2.05, 4.69) is 5.32 Å². The zero-order chi connectivity index (χ0) is 15.4. The van der Waals surface area contributed by atoms with E-state index in [0.29, 0.717) is 15.8 Å². The zero-order valence-corrected chi connectivity index (χ0v) is 12.6. The third-order valence-corrected chi connectivity index (χ3v) is 3.04. The number of benzene rings is 2. The number of rotatable bonds is 4. The molecular weight excluding hydrogens is 316 g/mol. The van der Waals surface area contributed by atoms with Gasteiger partial charge in [0.15, 0.2) is 6.61 Å². The minimum absolute atomic E-state index is 0.110. The van der Waals surface area contributed by atoms with Gasteiger partial charge in [-0.1, -0.05) is 29.3 Å². The highest BCUT2D eigenvalue weighted by Crippen LogP contribution is 2.24. The van der Waals surface area contributed by atoms with Crippen LogP contribution in [0.1, 0.15) is 5.56 Å². The van der Waals surface area contributed by atoms with Gasteiger partial charge in [-0.05, 0) is 42.8 Å². The number of hydrogen-bond acceptors (Lipinski definition) is 2. The van der Waals surface area contributed by atoms with Crippen LogP contribution in [-0.4, -0.2) is 12.5 Å². The highest BCUT2D eigenvalue weighted by atomic mass is 35.5. The number of amides is 1. The van der Waals surface area contributed by atoms with Crippen LogP contribution < -0.4 is 10.1 Å². The molecule has 2 aromatic carbocycles. The maximum absolute atomic E-state index is 13.6. The Morgan fingerprint density at radius 3 is 2.48 bits per heavy atom. The molecule has 0 bridgehead atoms. The summed E-state index contributed by atoms with van der Waals surface area (Å²) >= 11 is 11.6. The highest BCUT2D eigenvalue weighted by molar-refractivity contribution is 6.34. The lowest BCUT2D eigenvalue weighted by Gasteiger charge is -2.09. The average molecular weight is 328 g/mol. The van der Waals surface area contributed by atoms with E-state index in [1.807, 2.05) is 0 Å². The summed E-state index contributed by atoms with van der Waals surface area (Å²) in [5, 5.41) is 3.24. The third kappa shape index (κ3) is 4.62. The molecule has 6 heteroatoms. The number of carbonyl (C=O) groups is 1. The van der Waals surface area contributed by atoms with Gasteiger partial charge in [0.05, 0.1) is 5.69 Å². The van der Waals surface area contributed by atoms with Crippen LogP contribution in [0.4, 0.5) is 10.1 Å². The number of carbonyl (C=O) groups excluding carboxylic acids is 1. The molecule has 0 heterocycles. The molecule has 0 radical (unpaired) electrons. The van der Waals surface area contributed by atoms with Gasteiger partial charge in [0.1, 0.15) is 11.6 Å². The molecule has 2 aromatic rings. The Balaban J connectivity index is 1.95. The number of hydrogen-bond donors (Lipinski definition) is 1. The fraction of sp³-hybridized carbons (Fsp3) is 0.133. The molecule has 21 heavy (non-hydrogen) atoms. The largest absolute Gasteiger partial charge is 0.484 e. The molecule has 0 unspecified atom stereocenters. The van der Waals surface area contributed by atoms with Crippen LogP contribution in [-0.2, 0) is 4.79 Å². The first-order valence-electron chi connectivity index (χ1n) is 6.09. The summed E-state index contributed by atoms with van der Waals surface area (Å²) in [4.78, 5) is 11.7. The number of ether oxygens (including phenoxy) is 1. The van der Waals surface area contributed by atoms with Crippen molar-refractivity contribution in [2.45, 2.75) is 6.92 Å². The summed E-state index contributed by atoms with van der Waals surface area (Å²) in [6.07, 6.45) is 0. The van der Waals surface area contributed by atoms with Crippen molar-refractivity contribution < 1.29 is 13.9 Å². The van der Waals surface area contributed by atoms with E-state index in [-0.39, 0.29) is 12.3 Å². The Morgan fingerprint density at radius 2 is 1.86 bits per heavy atom. The molecule has 110 valence electrons. The van der Waals surface area contributed by atoms with Crippen LogP contribution in [0.5, 0.6) is 5.75 Å². The summed E-state index contributed by atoms with van der Waals surface area (Å²) < 4.78 is 18.9. The van der Waals surface area contributed by atoms with Crippen molar-refractivity contribution in [3.05, 3.63) is 57.8 Å². The summed E-state index contributed by atoms with van der Waals surface area (Å²) in [6, 6.07) is 9.17. The Morgan fingerprint density at radius 1 is 1.19 bits per heavy atom. The lowest BCUT2D eigenvalue weighted by atomic mass is 10.2. The normalized spacial score (nSPS) is 10.3. The number of halogens is 3. The maximum Gasteiger partial charge on any atom is 0.262 e. The van der Waals surface area contributed by atoms with Crippen molar-refractivity contribution in [1.82, 2.24) is 0 Å². The summed E-state index contributed by atoms with van der Waals surface area (Å²) in [7, 11) is 0. The van der Waals surface area contributed by atoms with Gasteiger partial charge in [0.25, 0.3) is 5.91 Å². The van der Waals surface area contributed by atoms with Crippen molar-refractivity contribution in [1.29, 1.82) is 0 Å². The molecule has 0 saturated carbocycles. The summed E-state index contributed by atoms with van der Waals surface area (Å²) in [6.45, 7) is 1.49. The van der Waals surface area contributed by atoms with Gasteiger partial charge in [-0.15, -0.1) is 0 Å². The molecule has 0 atom stereocenters. The zero-order valence-electron chi connectivity index (χ0n) is 11.1. The molecule has 2 rings (SSSR count). The Bertz CT molecular complexity index is 656. The SMILES string of the molecule is Cc1ccc(NC(=O)COc2cc(Cl)cc(Cl)c2)c(F)c1. The molecular formula is C15H12Cl2FNO2. The Hall–Kier alpha value is -1.78. The minimum atomic E-state index is -0.492. The van der Waals surface area contributed by atoms with E-state index in [9.17, 15) is 9.18 Å². The van der Waals surface area contributed by atoms with Crippen LogP contribution >= 0.6 is 23.2 Å². The molecule has 0 aliphatic heterocycles. The maximum atomic E-state index is 13.6. The molecule has 0 aromatic heterocycles. The Kier molecular flexibility index (Phi) is 5.04. The second kappa shape index (κ2) is 6.78. The number of nitrogens with one attached hydrogen (secondary N) is 1. The topological polar surface area (TPSA) is 38.3 Å². The van der Waals surface area contributed by atoms with Crippen molar-refractivity contribution >= 4 is 34.8 Å². The van der Waals surface area contributed by atoms with Gasteiger partial charge in [0.2, 0.25) is 0 Å². The molecule has 3 nitrogen and oxygen atoms in total. The van der Waals surface area contributed by atoms with Gasteiger partial charge < -0.3 is 10.1 Å². The van der Waals surface area contributed by atoms with Crippen molar-refractivity contribution in [2.75, 3.05) is 11.9 Å². The third-order valence-electron chi connectivity index (χ3n) is 2.60. The standard InChI is InChI=1S/C15H12Cl2FNO2/c1-9-2-3-14(13(18)4-9)19-15(20)8-21-12-6-10(16)5-11(17)7-12/h2-7H,8H2,1H3,(H,19,20). The fourth-order valence-corrected chi connectivity index (χ4v) is 2.17. The first-order chi connectivity index (χ1) is 9.94. The van der Waals surface area contributed by atoms with E-state index in [0.717, 1.165) is 5.56 Å². The van der Waals surface area contributed by atoms with Crippen molar-refractivity contribution in [3.8, 4) is 5.75 Å². The van der Waals surface area contributed by atoms with E-state index >= 15 is 0 Å². The molecule has 0 aliphatic carbocycles. The van der Waals surface area contributed by atoms with Gasteiger partial charge in [-0.2, -0.15) is 0 Å². The molecule has 0 fully saturated rings. The van der Waals surface area contributed by atoms with E-state index in [1.165, 1.54) is 24.3 Å². The Labute approximate surface area is 131 Å². The molecule has 0 aliphatic rings. The first-order valence-corrected chi connectivity index (χ1v) is 6.84. The van der Waals surface area contributed by atoms with Gasteiger partial charge in [-0.25, -0.2) is 4.39 Å². The summed E-state index contributed by atoms with van der Waals surface area (Å²) in [5.74, 6) is -0.602. The monoisotopic (exact) mass is 327 g/mol. The predicted molar refractivity (Wildman–Crippen MR) is 81.7 cm³/mol. The first kappa shape index (κ1) is 15.6. The van der Waals surface area contributed by atoms with Crippen LogP contribution in [0.25, 0.3) is 0 Å². The second-order valence-electron chi connectivity index (χ2n) is 4.43. The van der Waals surface area contributed by atoms with E-state index < -0.39 is 11.7 Å². The smallest absolute Gasteiger partial charge is 0.262 e. The molecule has 0 spiro atoms. The quantitative estimate of drug-likeness (QED) is 0.900. The molecule has 1 N–H and O–H groups in total.